The van der Waals surface area contributed by atoms with Gasteiger partial charge in [0.25, 0.3) is 0 Å². The zero-order chi connectivity index (χ0) is 19.9. The van der Waals surface area contributed by atoms with Gasteiger partial charge in [-0.2, -0.15) is 0 Å². The molecule has 26 heavy (non-hydrogen) atoms. The lowest BCUT2D eigenvalue weighted by Gasteiger charge is -2.04. The van der Waals surface area contributed by atoms with Crippen LogP contribution in [0.2, 0.25) is 0 Å². The maximum Gasteiger partial charge on any atom is 0.243 e. The Morgan fingerprint density at radius 3 is 1.38 bits per heavy atom. The fourth-order valence-corrected chi connectivity index (χ4v) is 2.60. The second-order valence-electron chi connectivity index (χ2n) is 6.70. The van der Waals surface area contributed by atoms with Gasteiger partial charge in [0.1, 0.15) is 0 Å². The zero-order valence-electron chi connectivity index (χ0n) is 17.1. The maximum atomic E-state index is 10.9. The third-order valence-corrected chi connectivity index (χ3v) is 4.22. The van der Waals surface area contributed by atoms with Crippen LogP contribution < -0.4 is 11.1 Å². The number of hydrogen-bond donors (Lipinski definition) is 2. The van der Waals surface area contributed by atoms with Crippen molar-refractivity contribution in [1.82, 2.24) is 5.32 Å². The summed E-state index contributed by atoms with van der Waals surface area (Å²) >= 11 is 0. The summed E-state index contributed by atoms with van der Waals surface area (Å²) in [7, 11) is 0. The van der Waals surface area contributed by atoms with E-state index in [9.17, 15) is 9.59 Å². The van der Waals surface area contributed by atoms with Crippen LogP contribution in [-0.2, 0) is 9.59 Å². The maximum absolute atomic E-state index is 10.9. The molecular weight excluding hydrogens is 324 g/mol. The lowest BCUT2D eigenvalue weighted by Crippen LogP contribution is -2.21. The highest BCUT2D eigenvalue weighted by Crippen LogP contribution is 2.12. The molecular formula is C22H42N2O2. The van der Waals surface area contributed by atoms with Gasteiger partial charge < -0.3 is 11.1 Å². The molecule has 4 nitrogen and oxygen atoms in total. The summed E-state index contributed by atoms with van der Waals surface area (Å²) in [4.78, 5) is 20.4. The Kier molecular flexibility index (Phi) is 24.0. The van der Waals surface area contributed by atoms with Crippen molar-refractivity contribution in [1.29, 1.82) is 0 Å². The molecule has 0 aromatic rings. The van der Waals surface area contributed by atoms with Gasteiger partial charge in [0.2, 0.25) is 11.8 Å². The Labute approximate surface area is 161 Å². The average Bonchev–Trinajstić information content (AvgIpc) is 2.65. The Hall–Kier alpha value is -1.58. The van der Waals surface area contributed by atoms with Crippen LogP contribution in [0.15, 0.2) is 25.3 Å². The molecule has 0 aliphatic rings. The molecule has 0 bridgehead atoms. The summed E-state index contributed by atoms with van der Waals surface area (Å²) in [6, 6.07) is 0. The Balaban J connectivity index is 0. The van der Waals surface area contributed by atoms with E-state index in [-0.39, 0.29) is 5.91 Å². The molecule has 0 rings (SSSR count). The van der Waals surface area contributed by atoms with Gasteiger partial charge in [-0.25, -0.2) is 0 Å². The summed E-state index contributed by atoms with van der Waals surface area (Å²) in [5.74, 6) is -0.533. The summed E-state index contributed by atoms with van der Waals surface area (Å²) < 4.78 is 0. The molecule has 0 atom stereocenters. The summed E-state index contributed by atoms with van der Waals surface area (Å²) in [6.07, 6.45) is 21.5. The molecule has 0 aliphatic carbocycles. The van der Waals surface area contributed by atoms with Gasteiger partial charge in [-0.1, -0.05) is 104 Å². The molecule has 0 radical (unpaired) electrons. The van der Waals surface area contributed by atoms with E-state index in [2.05, 4.69) is 31.1 Å². The third-order valence-electron chi connectivity index (χ3n) is 4.22. The van der Waals surface area contributed by atoms with E-state index in [0.29, 0.717) is 0 Å². The average molecular weight is 367 g/mol. The number of hydrogen-bond acceptors (Lipinski definition) is 2. The monoisotopic (exact) mass is 366 g/mol. The molecule has 2 amide bonds. The summed E-state index contributed by atoms with van der Waals surface area (Å²) in [6.45, 7) is 9.59. The second-order valence-corrected chi connectivity index (χ2v) is 6.70. The largest absolute Gasteiger partial charge is 0.366 e. The highest BCUT2D eigenvalue weighted by Gasteiger charge is 1.95. The number of primary amides is 1. The first-order chi connectivity index (χ1) is 12.6. The van der Waals surface area contributed by atoms with Gasteiger partial charge in [0.15, 0.2) is 0 Å². The smallest absolute Gasteiger partial charge is 0.243 e. The molecule has 4 heteroatoms. The predicted molar refractivity (Wildman–Crippen MR) is 113 cm³/mol. The van der Waals surface area contributed by atoms with Gasteiger partial charge in [-0.3, -0.25) is 9.59 Å². The summed E-state index contributed by atoms with van der Waals surface area (Å²) in [5, 5.41) is 2.82. The number of unbranched alkanes of at least 4 members (excludes halogenated alkanes) is 13. The number of carbonyl (C=O) groups is 2. The first-order valence-electron chi connectivity index (χ1n) is 10.4. The Morgan fingerprint density at radius 2 is 1.08 bits per heavy atom. The number of nitrogens with two attached hydrogens (primary N) is 1. The predicted octanol–water partition coefficient (Wildman–Crippen LogP) is 5.43. The van der Waals surface area contributed by atoms with Gasteiger partial charge in [-0.05, 0) is 18.6 Å². The van der Waals surface area contributed by atoms with Crippen molar-refractivity contribution in [2.45, 2.75) is 96.8 Å². The number of rotatable bonds is 17. The highest BCUT2D eigenvalue weighted by molar-refractivity contribution is 5.86. The first kappa shape index (κ1) is 26.6. The number of amides is 2. The van der Waals surface area contributed by atoms with E-state index in [1.54, 1.807) is 0 Å². The SMILES string of the molecule is C=CC(=O)NCCCCCCCCCCCCCCCC.C=CC(N)=O. The van der Waals surface area contributed by atoms with Crippen molar-refractivity contribution in [3.63, 3.8) is 0 Å². The van der Waals surface area contributed by atoms with Gasteiger partial charge >= 0.3 is 0 Å². The Morgan fingerprint density at radius 1 is 0.731 bits per heavy atom. The third kappa shape index (κ3) is 27.3. The van der Waals surface area contributed by atoms with Crippen LogP contribution >= 0.6 is 0 Å². The fourth-order valence-electron chi connectivity index (χ4n) is 2.60. The Bertz CT molecular complexity index is 354. The lowest BCUT2D eigenvalue weighted by molar-refractivity contribution is -0.116. The molecule has 3 N–H and O–H groups in total. The van der Waals surface area contributed by atoms with Crippen molar-refractivity contribution in [2.24, 2.45) is 5.73 Å². The minimum absolute atomic E-state index is 0.0512. The molecule has 0 aromatic carbocycles. The highest BCUT2D eigenvalue weighted by atomic mass is 16.1. The van der Waals surface area contributed by atoms with Crippen LogP contribution in [0.1, 0.15) is 96.8 Å². The minimum Gasteiger partial charge on any atom is -0.366 e. The van der Waals surface area contributed by atoms with E-state index in [1.165, 1.54) is 89.5 Å². The standard InChI is InChI=1S/C19H37NO.C3H5NO/c1-3-5-6-7-8-9-10-11-12-13-14-15-16-17-18-20-19(21)4-2;1-2-3(4)5/h4H,2-3,5-18H2,1H3,(H,20,21);2H,1H2,(H2,4,5). The number of nitrogens with one attached hydrogen (secondary N) is 1. The van der Waals surface area contributed by atoms with Gasteiger partial charge in [0, 0.05) is 6.54 Å². The molecule has 152 valence electrons. The van der Waals surface area contributed by atoms with Crippen molar-refractivity contribution in [3.8, 4) is 0 Å². The normalized spacial score (nSPS) is 9.73. The first-order valence-corrected chi connectivity index (χ1v) is 10.4. The molecule has 0 spiro atoms. The van der Waals surface area contributed by atoms with E-state index in [1.807, 2.05) is 0 Å². The molecule has 0 heterocycles. The van der Waals surface area contributed by atoms with Crippen LogP contribution in [0.25, 0.3) is 0 Å². The van der Waals surface area contributed by atoms with E-state index in [4.69, 9.17) is 0 Å². The number of carbonyl (C=O) groups excluding carboxylic acids is 2. The van der Waals surface area contributed by atoms with E-state index < -0.39 is 5.91 Å². The minimum atomic E-state index is -0.481. The lowest BCUT2D eigenvalue weighted by atomic mass is 10.0. The fraction of sp³-hybridized carbons (Fsp3) is 0.727. The topological polar surface area (TPSA) is 72.2 Å². The van der Waals surface area contributed by atoms with Crippen LogP contribution in [-0.4, -0.2) is 18.4 Å². The van der Waals surface area contributed by atoms with Crippen molar-refractivity contribution in [2.75, 3.05) is 6.54 Å². The van der Waals surface area contributed by atoms with E-state index in [0.717, 1.165) is 19.0 Å². The van der Waals surface area contributed by atoms with Crippen LogP contribution in [0.4, 0.5) is 0 Å². The molecule has 0 unspecified atom stereocenters. The van der Waals surface area contributed by atoms with Crippen molar-refractivity contribution in [3.05, 3.63) is 25.3 Å². The molecule has 0 saturated carbocycles. The molecule has 0 aliphatic heterocycles. The second kappa shape index (κ2) is 23.4. The van der Waals surface area contributed by atoms with Crippen LogP contribution in [0, 0.1) is 0 Å². The van der Waals surface area contributed by atoms with Crippen molar-refractivity contribution < 1.29 is 9.59 Å². The van der Waals surface area contributed by atoms with Crippen LogP contribution in [0.5, 0.6) is 0 Å². The summed E-state index contributed by atoms with van der Waals surface area (Å²) in [5.41, 5.74) is 4.53. The van der Waals surface area contributed by atoms with Crippen molar-refractivity contribution >= 4 is 11.8 Å². The van der Waals surface area contributed by atoms with Gasteiger partial charge in [0.05, 0.1) is 0 Å². The molecule has 0 saturated heterocycles. The van der Waals surface area contributed by atoms with Crippen LogP contribution in [0.3, 0.4) is 0 Å². The van der Waals surface area contributed by atoms with E-state index >= 15 is 0 Å². The molecule has 0 aromatic heterocycles. The molecule has 0 fully saturated rings. The van der Waals surface area contributed by atoms with Gasteiger partial charge in [-0.15, -0.1) is 0 Å². The zero-order valence-corrected chi connectivity index (χ0v) is 17.1. The quantitative estimate of drug-likeness (QED) is 0.266.